The predicted molar refractivity (Wildman–Crippen MR) is 104 cm³/mol. The largest absolute Gasteiger partial charge is 0.335 e. The number of thiophene rings is 1. The molecule has 1 aromatic heterocycles. The topological polar surface area (TPSA) is 40.6 Å². The maximum absolute atomic E-state index is 12.9. The number of carbonyl (C=O) groups is 2. The molecule has 1 saturated heterocycles. The van der Waals surface area contributed by atoms with Crippen molar-refractivity contribution >= 4 is 23.2 Å². The van der Waals surface area contributed by atoms with Gasteiger partial charge in [0.05, 0.1) is 5.56 Å². The van der Waals surface area contributed by atoms with Crippen molar-refractivity contribution in [3.63, 3.8) is 0 Å². The summed E-state index contributed by atoms with van der Waals surface area (Å²) in [5.74, 6) is 0.205. The van der Waals surface area contributed by atoms with Gasteiger partial charge in [-0.05, 0) is 50.3 Å². The van der Waals surface area contributed by atoms with Gasteiger partial charge in [0.1, 0.15) is 0 Å². The lowest BCUT2D eigenvalue weighted by Crippen LogP contribution is -2.50. The van der Waals surface area contributed by atoms with E-state index < -0.39 is 0 Å². The lowest BCUT2D eigenvalue weighted by molar-refractivity contribution is 0.0535. The van der Waals surface area contributed by atoms with E-state index in [1.165, 1.54) is 23.3 Å². The van der Waals surface area contributed by atoms with E-state index in [4.69, 9.17) is 0 Å². The third-order valence-electron chi connectivity index (χ3n) is 5.44. The van der Waals surface area contributed by atoms with Gasteiger partial charge < -0.3 is 9.80 Å². The molecule has 26 heavy (non-hydrogen) atoms. The Hall–Kier alpha value is -2.14. The summed E-state index contributed by atoms with van der Waals surface area (Å²) in [7, 11) is 0. The number of rotatable bonds is 2. The third-order valence-corrected chi connectivity index (χ3v) is 6.53. The second-order valence-electron chi connectivity index (χ2n) is 7.21. The maximum Gasteiger partial charge on any atom is 0.255 e. The minimum Gasteiger partial charge on any atom is -0.335 e. The van der Waals surface area contributed by atoms with E-state index in [0.29, 0.717) is 26.2 Å². The van der Waals surface area contributed by atoms with Crippen molar-refractivity contribution < 1.29 is 9.59 Å². The number of hydrogen-bond acceptors (Lipinski definition) is 3. The molecule has 0 N–H and O–H groups in total. The van der Waals surface area contributed by atoms with Crippen LogP contribution >= 0.6 is 11.3 Å². The first-order chi connectivity index (χ1) is 12.6. The van der Waals surface area contributed by atoms with Crippen molar-refractivity contribution in [2.24, 2.45) is 0 Å². The molecule has 0 atom stereocenters. The van der Waals surface area contributed by atoms with Gasteiger partial charge in [-0.25, -0.2) is 0 Å². The quantitative estimate of drug-likeness (QED) is 0.814. The smallest absolute Gasteiger partial charge is 0.255 e. The SMILES string of the molecule is Cc1ccc(C(=O)N2CCN(C(=O)c3csc4c3CCCC4)CC2)cc1. The highest BCUT2D eigenvalue weighted by molar-refractivity contribution is 7.10. The number of aryl methyl sites for hydroxylation is 2. The fourth-order valence-electron chi connectivity index (χ4n) is 3.83. The molecule has 4 nitrogen and oxygen atoms in total. The van der Waals surface area contributed by atoms with Crippen LogP contribution in [0, 0.1) is 6.92 Å². The van der Waals surface area contributed by atoms with Crippen LogP contribution in [-0.2, 0) is 12.8 Å². The van der Waals surface area contributed by atoms with Gasteiger partial charge >= 0.3 is 0 Å². The van der Waals surface area contributed by atoms with Crippen molar-refractivity contribution in [1.29, 1.82) is 0 Å². The van der Waals surface area contributed by atoms with Crippen molar-refractivity contribution in [2.75, 3.05) is 26.2 Å². The van der Waals surface area contributed by atoms with E-state index in [9.17, 15) is 9.59 Å². The summed E-state index contributed by atoms with van der Waals surface area (Å²) in [6, 6.07) is 7.69. The van der Waals surface area contributed by atoms with Crippen molar-refractivity contribution in [3.8, 4) is 0 Å². The number of carbonyl (C=O) groups excluding carboxylic acids is 2. The third kappa shape index (κ3) is 3.28. The summed E-state index contributed by atoms with van der Waals surface area (Å²) >= 11 is 1.74. The molecule has 0 spiro atoms. The van der Waals surface area contributed by atoms with Crippen molar-refractivity contribution in [2.45, 2.75) is 32.6 Å². The lowest BCUT2D eigenvalue weighted by Gasteiger charge is -2.35. The van der Waals surface area contributed by atoms with Crippen LogP contribution in [0.1, 0.15) is 49.6 Å². The summed E-state index contributed by atoms with van der Waals surface area (Å²) in [5.41, 5.74) is 4.06. The van der Waals surface area contributed by atoms with Crippen LogP contribution in [0.2, 0.25) is 0 Å². The number of amides is 2. The highest BCUT2D eigenvalue weighted by Crippen LogP contribution is 2.31. The van der Waals surface area contributed by atoms with E-state index in [1.54, 1.807) is 11.3 Å². The van der Waals surface area contributed by atoms with Crippen molar-refractivity contribution in [1.82, 2.24) is 9.80 Å². The minimum absolute atomic E-state index is 0.0602. The van der Waals surface area contributed by atoms with E-state index >= 15 is 0 Å². The highest BCUT2D eigenvalue weighted by Gasteiger charge is 2.28. The van der Waals surface area contributed by atoms with Crippen LogP contribution in [0.5, 0.6) is 0 Å². The number of nitrogens with zero attached hydrogens (tertiary/aromatic N) is 2. The average molecular weight is 369 g/mol. The molecule has 0 radical (unpaired) electrons. The molecular weight excluding hydrogens is 344 g/mol. The fourth-order valence-corrected chi connectivity index (χ4v) is 4.95. The van der Waals surface area contributed by atoms with Gasteiger partial charge in [-0.2, -0.15) is 0 Å². The molecule has 1 aliphatic carbocycles. The molecule has 0 bridgehead atoms. The zero-order valence-corrected chi connectivity index (χ0v) is 16.0. The Labute approximate surface area is 158 Å². The van der Waals surface area contributed by atoms with Crippen LogP contribution in [0.3, 0.4) is 0 Å². The Morgan fingerprint density at radius 1 is 0.885 bits per heavy atom. The Morgan fingerprint density at radius 2 is 1.50 bits per heavy atom. The normalized spacial score (nSPS) is 17.1. The molecule has 1 aliphatic heterocycles. The summed E-state index contributed by atoms with van der Waals surface area (Å²) in [6.07, 6.45) is 4.57. The molecule has 1 aromatic carbocycles. The van der Waals surface area contributed by atoms with Crippen LogP contribution < -0.4 is 0 Å². The average Bonchev–Trinajstić information content (AvgIpc) is 3.12. The van der Waals surface area contributed by atoms with Gasteiger partial charge in [-0.1, -0.05) is 17.7 Å². The molecule has 2 amide bonds. The molecule has 2 aliphatic rings. The predicted octanol–water partition coefficient (Wildman–Crippen LogP) is 3.53. The number of benzene rings is 1. The maximum atomic E-state index is 12.9. The first kappa shape index (κ1) is 17.3. The van der Waals surface area contributed by atoms with Gasteiger partial charge in [0.15, 0.2) is 0 Å². The van der Waals surface area contributed by atoms with Gasteiger partial charge in [-0.3, -0.25) is 9.59 Å². The summed E-state index contributed by atoms with van der Waals surface area (Å²) in [5, 5.41) is 2.04. The Bertz CT molecular complexity index is 817. The molecule has 4 rings (SSSR count). The molecule has 0 unspecified atom stereocenters. The van der Waals surface area contributed by atoms with Crippen molar-refractivity contribution in [3.05, 3.63) is 56.8 Å². The zero-order chi connectivity index (χ0) is 18.1. The fraction of sp³-hybridized carbons (Fsp3) is 0.429. The molecule has 2 heterocycles. The second-order valence-corrected chi connectivity index (χ2v) is 8.17. The van der Waals surface area contributed by atoms with Gasteiger partial charge in [0.25, 0.3) is 11.8 Å². The summed E-state index contributed by atoms with van der Waals surface area (Å²) < 4.78 is 0. The summed E-state index contributed by atoms with van der Waals surface area (Å²) in [4.78, 5) is 30.7. The molecule has 1 fully saturated rings. The second kappa shape index (κ2) is 7.23. The first-order valence-electron chi connectivity index (χ1n) is 9.38. The standard InChI is InChI=1S/C21H24N2O2S/c1-15-6-8-16(9-7-15)20(24)22-10-12-23(13-11-22)21(25)18-14-26-19-5-3-2-4-17(18)19/h6-9,14H,2-5,10-13H2,1H3. The molecule has 5 heteroatoms. The molecule has 0 saturated carbocycles. The number of piperazine rings is 1. The van der Waals surface area contributed by atoms with E-state index in [1.807, 2.05) is 46.4 Å². The Morgan fingerprint density at radius 3 is 2.19 bits per heavy atom. The van der Waals surface area contributed by atoms with Crippen LogP contribution in [0.15, 0.2) is 29.6 Å². The lowest BCUT2D eigenvalue weighted by atomic mass is 9.95. The zero-order valence-electron chi connectivity index (χ0n) is 15.2. The first-order valence-corrected chi connectivity index (χ1v) is 10.3. The minimum atomic E-state index is 0.0602. The van der Waals surface area contributed by atoms with Gasteiger partial charge in [0.2, 0.25) is 0 Å². The van der Waals surface area contributed by atoms with E-state index in [2.05, 4.69) is 0 Å². The monoisotopic (exact) mass is 368 g/mol. The van der Waals surface area contributed by atoms with Crippen LogP contribution in [0.25, 0.3) is 0 Å². The highest BCUT2D eigenvalue weighted by atomic mass is 32.1. The van der Waals surface area contributed by atoms with Gasteiger partial charge in [0, 0.05) is 42.0 Å². The van der Waals surface area contributed by atoms with Crippen LogP contribution in [-0.4, -0.2) is 47.8 Å². The van der Waals surface area contributed by atoms with Gasteiger partial charge in [-0.15, -0.1) is 11.3 Å². The van der Waals surface area contributed by atoms with E-state index in [-0.39, 0.29) is 11.8 Å². The molecule has 2 aromatic rings. The number of fused-ring (bicyclic) bond motifs is 1. The number of hydrogen-bond donors (Lipinski definition) is 0. The Kier molecular flexibility index (Phi) is 4.81. The molecular formula is C21H24N2O2S. The summed E-state index contributed by atoms with van der Waals surface area (Å²) in [6.45, 7) is 4.44. The van der Waals surface area contributed by atoms with E-state index in [0.717, 1.165) is 29.5 Å². The molecule has 136 valence electrons. The Balaban J connectivity index is 1.40. The van der Waals surface area contributed by atoms with Crippen LogP contribution in [0.4, 0.5) is 0 Å².